The molecule has 0 fully saturated rings. The van der Waals surface area contributed by atoms with E-state index >= 15 is 0 Å². The molecule has 0 radical (unpaired) electrons. The average molecular weight is 130 g/mol. The number of primary amides is 1. The molecular formula is C4H9ClLiNO. The van der Waals surface area contributed by atoms with Crippen LogP contribution in [0.5, 0.6) is 0 Å². The summed E-state index contributed by atoms with van der Waals surface area (Å²) in [6.45, 7) is 3.53. The van der Waals surface area contributed by atoms with Crippen molar-refractivity contribution in [1.29, 1.82) is 0 Å². The molecular weight excluding hydrogens is 120 g/mol. The molecule has 0 heterocycles. The first-order valence-corrected chi connectivity index (χ1v) is 3.07. The summed E-state index contributed by atoms with van der Waals surface area (Å²) in [6, 6.07) is 0. The van der Waals surface area contributed by atoms with Crippen LogP contribution >= 0.6 is 9.80 Å². The van der Waals surface area contributed by atoms with Crippen molar-refractivity contribution in [2.45, 2.75) is 13.8 Å². The van der Waals surface area contributed by atoms with E-state index in [0.717, 1.165) is 0 Å². The molecule has 2 N–H and O–H groups in total. The number of hydrogen-bond donors (Lipinski definition) is 1. The number of hydrogen-bond acceptors (Lipinski definition) is 1. The Morgan fingerprint density at radius 3 is 1.75 bits per heavy atom. The second-order valence-electron chi connectivity index (χ2n) is 1.56. The van der Waals surface area contributed by atoms with Crippen LogP contribution in [0.4, 0.5) is 0 Å². The second-order valence-corrected chi connectivity index (χ2v) is 1.56. The number of halogens is 1. The SMILES string of the molecule is CC(C)C(N)=O.[Li][Cl]. The Kier molecular flexibility index (Phi) is 10.3. The minimum absolute atomic E-state index is 0.00926. The summed E-state index contributed by atoms with van der Waals surface area (Å²) in [4.78, 5) is 9.92. The molecule has 0 unspecified atom stereocenters. The molecule has 0 aliphatic carbocycles. The molecule has 0 bridgehead atoms. The molecule has 0 aliphatic heterocycles. The number of nitrogens with two attached hydrogens (primary N) is 1. The van der Waals surface area contributed by atoms with E-state index in [4.69, 9.17) is 5.73 Å². The maximum absolute atomic E-state index is 9.92. The zero-order valence-electron chi connectivity index (χ0n) is 5.44. The molecule has 0 spiro atoms. The number of rotatable bonds is 1. The van der Waals surface area contributed by atoms with Gasteiger partial charge in [-0.15, -0.1) is 0 Å². The normalized spacial score (nSPS) is 7.75. The Labute approximate surface area is 63.1 Å². The summed E-state index contributed by atoms with van der Waals surface area (Å²) in [5, 5.41) is 0. The van der Waals surface area contributed by atoms with E-state index < -0.39 is 0 Å². The molecule has 0 rings (SSSR count). The third-order valence-electron chi connectivity index (χ3n) is 0.569. The van der Waals surface area contributed by atoms with Crippen molar-refractivity contribution in [3.8, 4) is 0 Å². The molecule has 0 atom stereocenters. The fourth-order valence-corrected chi connectivity index (χ4v) is 0. The van der Waals surface area contributed by atoms with Crippen LogP contribution in [0.1, 0.15) is 13.8 Å². The van der Waals surface area contributed by atoms with Gasteiger partial charge in [0.15, 0.2) is 0 Å². The Balaban J connectivity index is 0. The van der Waals surface area contributed by atoms with Crippen LogP contribution < -0.4 is 5.73 Å². The van der Waals surface area contributed by atoms with Gasteiger partial charge in [0.1, 0.15) is 0 Å². The van der Waals surface area contributed by atoms with Crippen LogP contribution in [-0.2, 0) is 4.79 Å². The Bertz CT molecular complexity index is 67.1. The van der Waals surface area contributed by atoms with Crippen LogP contribution in [-0.4, -0.2) is 22.7 Å². The third kappa shape index (κ3) is 9.61. The van der Waals surface area contributed by atoms with E-state index in [-0.39, 0.29) is 11.8 Å². The third-order valence-corrected chi connectivity index (χ3v) is 0.569. The van der Waals surface area contributed by atoms with Gasteiger partial charge >= 0.3 is 26.5 Å². The van der Waals surface area contributed by atoms with Gasteiger partial charge in [-0.2, -0.15) is 0 Å². The summed E-state index contributed by atoms with van der Waals surface area (Å²) in [7, 11) is 4.64. The summed E-state index contributed by atoms with van der Waals surface area (Å²) in [5.74, 6) is -0.250. The molecule has 0 aromatic heterocycles. The average Bonchev–Trinajstić information content (AvgIpc) is 1.72. The molecule has 2 nitrogen and oxygen atoms in total. The molecule has 1 amide bonds. The van der Waals surface area contributed by atoms with Gasteiger partial charge in [0.2, 0.25) is 5.91 Å². The van der Waals surface area contributed by atoms with E-state index in [1.807, 2.05) is 0 Å². The number of carbonyl (C=O) groups excluding carboxylic acids is 1. The quantitative estimate of drug-likeness (QED) is 0.513. The fourth-order valence-electron chi connectivity index (χ4n) is 0. The first-order valence-electron chi connectivity index (χ1n) is 2.31. The number of amides is 1. The van der Waals surface area contributed by atoms with E-state index in [0.29, 0.717) is 0 Å². The van der Waals surface area contributed by atoms with Gasteiger partial charge in [0.05, 0.1) is 0 Å². The predicted octanol–water partition coefficient (Wildman–Crippen LogP) is 0.436. The molecule has 0 saturated carbocycles. The monoisotopic (exact) mass is 129 g/mol. The van der Waals surface area contributed by atoms with Crippen LogP contribution in [0.25, 0.3) is 0 Å². The van der Waals surface area contributed by atoms with Gasteiger partial charge in [0.25, 0.3) is 0 Å². The molecule has 0 saturated heterocycles. The molecule has 0 aliphatic rings. The molecule has 0 aromatic carbocycles. The number of carbonyl (C=O) groups is 1. The van der Waals surface area contributed by atoms with Crippen molar-refractivity contribution >= 4 is 32.4 Å². The van der Waals surface area contributed by atoms with Gasteiger partial charge in [-0.25, -0.2) is 0 Å². The van der Waals surface area contributed by atoms with Crippen LogP contribution in [0.3, 0.4) is 0 Å². The summed E-state index contributed by atoms with van der Waals surface area (Å²) < 4.78 is 0. The fraction of sp³-hybridized carbons (Fsp3) is 0.750. The first kappa shape index (κ1) is 11.2. The van der Waals surface area contributed by atoms with Gasteiger partial charge in [-0.1, -0.05) is 13.8 Å². The molecule has 4 heteroatoms. The zero-order chi connectivity index (χ0) is 7.15. The maximum atomic E-state index is 9.92. The van der Waals surface area contributed by atoms with Crippen LogP contribution in [0.2, 0.25) is 0 Å². The van der Waals surface area contributed by atoms with Crippen molar-refractivity contribution in [2.24, 2.45) is 11.7 Å². The van der Waals surface area contributed by atoms with E-state index in [2.05, 4.69) is 9.80 Å². The van der Waals surface area contributed by atoms with Gasteiger partial charge < -0.3 is 5.73 Å². The summed E-state index contributed by atoms with van der Waals surface area (Å²) in [5.41, 5.74) is 4.80. The van der Waals surface area contributed by atoms with Crippen molar-refractivity contribution in [2.75, 3.05) is 0 Å². The topological polar surface area (TPSA) is 43.1 Å². The summed E-state index contributed by atoms with van der Waals surface area (Å²) in [6.07, 6.45) is 0. The standard InChI is InChI=1S/C4H9NO.ClH.Li/c1-3(2)4(5)6;;/h3H,1-2H3,(H2,5,6);1H;/q;;+1/p-1. The van der Waals surface area contributed by atoms with Gasteiger partial charge in [-0.05, 0) is 0 Å². The van der Waals surface area contributed by atoms with Crippen molar-refractivity contribution < 1.29 is 4.79 Å². The molecule has 0 aromatic rings. The molecule has 8 heavy (non-hydrogen) atoms. The van der Waals surface area contributed by atoms with E-state index in [9.17, 15) is 4.79 Å². The van der Waals surface area contributed by atoms with Crippen LogP contribution in [0, 0.1) is 5.92 Å². The Hall–Kier alpha value is 0.357. The second kappa shape index (κ2) is 7.36. The van der Waals surface area contributed by atoms with Crippen molar-refractivity contribution in [3.63, 3.8) is 0 Å². The van der Waals surface area contributed by atoms with Gasteiger partial charge in [0, 0.05) is 5.92 Å². The molecule has 44 valence electrons. The predicted molar refractivity (Wildman–Crippen MR) is 35.6 cm³/mol. The van der Waals surface area contributed by atoms with Crippen molar-refractivity contribution in [3.05, 3.63) is 0 Å². The van der Waals surface area contributed by atoms with Crippen LogP contribution in [0.15, 0.2) is 0 Å². The van der Waals surface area contributed by atoms with E-state index in [1.54, 1.807) is 13.8 Å². The van der Waals surface area contributed by atoms with E-state index in [1.165, 1.54) is 16.7 Å². The Morgan fingerprint density at radius 1 is 1.62 bits per heavy atom. The zero-order valence-corrected chi connectivity index (χ0v) is 6.20. The summed E-state index contributed by atoms with van der Waals surface area (Å²) >= 11 is 1.47. The first-order chi connectivity index (χ1) is 3.64. The Morgan fingerprint density at radius 2 is 1.75 bits per heavy atom. The minimum atomic E-state index is -0.241. The van der Waals surface area contributed by atoms with Crippen molar-refractivity contribution in [1.82, 2.24) is 0 Å². The van der Waals surface area contributed by atoms with Gasteiger partial charge in [-0.3, -0.25) is 4.79 Å².